The maximum Gasteiger partial charge on any atom is 0.272 e. The largest absolute Gasteiger partial charge is 0.472 e. The van der Waals surface area contributed by atoms with Gasteiger partial charge in [-0.15, -0.1) is 5.10 Å². The number of aromatic nitrogens is 4. The SMILES string of the molecule is C=C/C(=C\C)COc1cc2n(n1)CCN(C(=O)c1cnc[nH]1)C2. The zero-order valence-corrected chi connectivity index (χ0v) is 13.0. The molecule has 1 N–H and O–H groups in total. The number of amides is 1. The molecule has 0 saturated carbocycles. The van der Waals surface area contributed by atoms with Crippen LogP contribution in [0, 0.1) is 0 Å². The van der Waals surface area contributed by atoms with Crippen LogP contribution < -0.4 is 4.74 Å². The second-order valence-corrected chi connectivity index (χ2v) is 5.25. The van der Waals surface area contributed by atoms with Crippen LogP contribution in [0.15, 0.2) is 42.9 Å². The van der Waals surface area contributed by atoms with Crippen LogP contribution in [0.1, 0.15) is 23.1 Å². The molecular weight excluding hydrogens is 294 g/mol. The van der Waals surface area contributed by atoms with E-state index in [1.165, 1.54) is 12.5 Å². The first-order chi connectivity index (χ1) is 11.2. The van der Waals surface area contributed by atoms with Gasteiger partial charge in [0.25, 0.3) is 5.91 Å². The molecule has 0 spiro atoms. The van der Waals surface area contributed by atoms with Gasteiger partial charge in [-0.1, -0.05) is 18.7 Å². The van der Waals surface area contributed by atoms with Crippen molar-refractivity contribution in [1.82, 2.24) is 24.6 Å². The van der Waals surface area contributed by atoms with Crippen LogP contribution in [0.3, 0.4) is 0 Å². The van der Waals surface area contributed by atoms with Crippen molar-refractivity contribution in [2.24, 2.45) is 0 Å². The van der Waals surface area contributed by atoms with Gasteiger partial charge in [-0.3, -0.25) is 9.48 Å². The standard InChI is InChI=1S/C16H19N5O2/c1-3-12(4-2)10-23-15-7-13-9-20(5-6-21(13)19-15)16(22)14-8-17-11-18-14/h3-4,7-8,11H,1,5-6,9-10H2,2H3,(H,17,18)/b12-4+. The molecule has 7 heteroatoms. The number of aromatic amines is 1. The summed E-state index contributed by atoms with van der Waals surface area (Å²) >= 11 is 0. The number of hydrogen-bond donors (Lipinski definition) is 1. The third-order valence-electron chi connectivity index (χ3n) is 3.81. The molecule has 0 atom stereocenters. The van der Waals surface area contributed by atoms with Crippen molar-refractivity contribution < 1.29 is 9.53 Å². The Morgan fingerprint density at radius 2 is 2.39 bits per heavy atom. The van der Waals surface area contributed by atoms with E-state index in [1.54, 1.807) is 11.0 Å². The number of allylic oxidation sites excluding steroid dienone is 1. The Kier molecular flexibility index (Phi) is 4.27. The number of rotatable bonds is 5. The highest BCUT2D eigenvalue weighted by molar-refractivity contribution is 5.92. The first-order valence-corrected chi connectivity index (χ1v) is 7.46. The normalized spacial score (nSPS) is 14.5. The van der Waals surface area contributed by atoms with E-state index < -0.39 is 0 Å². The molecule has 0 aliphatic carbocycles. The molecule has 23 heavy (non-hydrogen) atoms. The molecule has 0 aromatic carbocycles. The Balaban J connectivity index is 1.67. The fourth-order valence-electron chi connectivity index (χ4n) is 2.44. The van der Waals surface area contributed by atoms with E-state index in [9.17, 15) is 4.79 Å². The topological polar surface area (TPSA) is 76.0 Å². The second-order valence-electron chi connectivity index (χ2n) is 5.25. The molecular formula is C16H19N5O2. The molecule has 3 rings (SSSR count). The summed E-state index contributed by atoms with van der Waals surface area (Å²) in [6, 6.07) is 1.88. The van der Waals surface area contributed by atoms with Crippen LogP contribution in [-0.2, 0) is 13.1 Å². The molecule has 7 nitrogen and oxygen atoms in total. The first-order valence-electron chi connectivity index (χ1n) is 7.46. The zero-order chi connectivity index (χ0) is 16.2. The number of fused-ring (bicyclic) bond motifs is 1. The molecule has 1 aliphatic rings. The lowest BCUT2D eigenvalue weighted by Crippen LogP contribution is -2.38. The molecule has 2 aromatic heterocycles. The third kappa shape index (κ3) is 3.18. The van der Waals surface area contributed by atoms with Crippen molar-refractivity contribution in [3.05, 3.63) is 54.3 Å². The molecule has 0 fully saturated rings. The number of ether oxygens (including phenoxy) is 1. The van der Waals surface area contributed by atoms with Gasteiger partial charge in [0.2, 0.25) is 5.88 Å². The van der Waals surface area contributed by atoms with Gasteiger partial charge in [-0.05, 0) is 12.5 Å². The van der Waals surface area contributed by atoms with Crippen molar-refractivity contribution in [2.45, 2.75) is 20.0 Å². The lowest BCUT2D eigenvalue weighted by Gasteiger charge is -2.26. The molecule has 1 amide bonds. The fourth-order valence-corrected chi connectivity index (χ4v) is 2.44. The van der Waals surface area contributed by atoms with E-state index >= 15 is 0 Å². The molecule has 0 radical (unpaired) electrons. The van der Waals surface area contributed by atoms with Gasteiger partial charge in [0.1, 0.15) is 12.3 Å². The van der Waals surface area contributed by atoms with Crippen LogP contribution in [0.5, 0.6) is 5.88 Å². The molecule has 120 valence electrons. The summed E-state index contributed by atoms with van der Waals surface area (Å²) in [7, 11) is 0. The van der Waals surface area contributed by atoms with Crippen LogP contribution in [0.4, 0.5) is 0 Å². The summed E-state index contributed by atoms with van der Waals surface area (Å²) in [6.07, 6.45) is 6.76. The molecule has 0 saturated heterocycles. The number of nitrogens with zero attached hydrogens (tertiary/aromatic N) is 4. The monoisotopic (exact) mass is 313 g/mol. The summed E-state index contributed by atoms with van der Waals surface area (Å²) in [5.74, 6) is 0.511. The Hall–Kier alpha value is -2.83. The van der Waals surface area contributed by atoms with Crippen molar-refractivity contribution >= 4 is 5.91 Å². The van der Waals surface area contributed by atoms with Crippen molar-refractivity contribution in [3.8, 4) is 5.88 Å². The minimum Gasteiger partial charge on any atom is -0.472 e. The minimum atomic E-state index is -0.0553. The summed E-state index contributed by atoms with van der Waals surface area (Å²) < 4.78 is 7.56. The molecule has 0 unspecified atom stereocenters. The molecule has 0 bridgehead atoms. The van der Waals surface area contributed by atoms with E-state index in [-0.39, 0.29) is 5.91 Å². The van der Waals surface area contributed by atoms with E-state index in [2.05, 4.69) is 21.6 Å². The van der Waals surface area contributed by atoms with Gasteiger partial charge in [-0.2, -0.15) is 0 Å². The Labute approximate surface area is 134 Å². The van der Waals surface area contributed by atoms with Gasteiger partial charge < -0.3 is 14.6 Å². The zero-order valence-electron chi connectivity index (χ0n) is 13.0. The number of carbonyl (C=O) groups excluding carboxylic acids is 1. The van der Waals surface area contributed by atoms with Crippen LogP contribution in [0.2, 0.25) is 0 Å². The molecule has 2 aromatic rings. The highest BCUT2D eigenvalue weighted by Gasteiger charge is 2.24. The number of H-pyrrole nitrogens is 1. The van der Waals surface area contributed by atoms with E-state index in [4.69, 9.17) is 4.74 Å². The average molecular weight is 313 g/mol. The van der Waals surface area contributed by atoms with Gasteiger partial charge >= 0.3 is 0 Å². The number of hydrogen-bond acceptors (Lipinski definition) is 4. The summed E-state index contributed by atoms with van der Waals surface area (Å²) in [5.41, 5.74) is 2.46. The van der Waals surface area contributed by atoms with Crippen LogP contribution in [0.25, 0.3) is 0 Å². The fraction of sp³-hybridized carbons (Fsp3) is 0.312. The Morgan fingerprint density at radius 1 is 1.52 bits per heavy atom. The maximum absolute atomic E-state index is 12.3. The van der Waals surface area contributed by atoms with Gasteiger partial charge in [0.15, 0.2) is 0 Å². The highest BCUT2D eigenvalue weighted by Crippen LogP contribution is 2.19. The second kappa shape index (κ2) is 6.51. The third-order valence-corrected chi connectivity index (χ3v) is 3.81. The molecule has 3 heterocycles. The number of carbonyl (C=O) groups is 1. The summed E-state index contributed by atoms with van der Waals surface area (Å²) in [5, 5.41) is 4.42. The van der Waals surface area contributed by atoms with Crippen molar-refractivity contribution in [3.63, 3.8) is 0 Å². The summed E-state index contributed by atoms with van der Waals surface area (Å²) in [6.45, 7) is 7.88. The maximum atomic E-state index is 12.3. The predicted octanol–water partition coefficient (Wildman–Crippen LogP) is 1.77. The van der Waals surface area contributed by atoms with Crippen molar-refractivity contribution in [2.75, 3.05) is 13.2 Å². The predicted molar refractivity (Wildman–Crippen MR) is 85.0 cm³/mol. The number of imidazole rings is 1. The number of nitrogens with one attached hydrogen (secondary N) is 1. The van der Waals surface area contributed by atoms with E-state index in [1.807, 2.05) is 23.7 Å². The van der Waals surface area contributed by atoms with Gasteiger partial charge in [0, 0.05) is 12.6 Å². The van der Waals surface area contributed by atoms with Crippen molar-refractivity contribution in [1.29, 1.82) is 0 Å². The minimum absolute atomic E-state index is 0.0553. The Morgan fingerprint density at radius 3 is 3.09 bits per heavy atom. The molecule has 1 aliphatic heterocycles. The van der Waals surface area contributed by atoms with E-state index in [0.29, 0.717) is 37.8 Å². The smallest absolute Gasteiger partial charge is 0.272 e. The van der Waals surface area contributed by atoms with Gasteiger partial charge in [0.05, 0.1) is 31.3 Å². The lowest BCUT2D eigenvalue weighted by molar-refractivity contribution is 0.0700. The van der Waals surface area contributed by atoms with Crippen LogP contribution >= 0.6 is 0 Å². The Bertz CT molecular complexity index is 730. The van der Waals surface area contributed by atoms with Crippen LogP contribution in [-0.4, -0.2) is 43.7 Å². The quantitative estimate of drug-likeness (QED) is 0.854. The summed E-state index contributed by atoms with van der Waals surface area (Å²) in [4.78, 5) is 20.9. The van der Waals surface area contributed by atoms with Gasteiger partial charge in [-0.25, -0.2) is 4.98 Å². The first kappa shape index (κ1) is 15.1. The highest BCUT2D eigenvalue weighted by atomic mass is 16.5. The van der Waals surface area contributed by atoms with E-state index in [0.717, 1.165) is 11.3 Å². The average Bonchev–Trinajstić information content (AvgIpc) is 3.23. The lowest BCUT2D eigenvalue weighted by atomic mass is 10.2.